The Bertz CT molecular complexity index is 638. The van der Waals surface area contributed by atoms with Gasteiger partial charge in [0.2, 0.25) is 0 Å². The first-order chi connectivity index (χ1) is 9.52. The number of benzene rings is 2. The van der Waals surface area contributed by atoms with Gasteiger partial charge in [-0.1, -0.05) is 30.7 Å². The maximum atomic E-state index is 13.6. The van der Waals surface area contributed by atoms with E-state index in [1.54, 1.807) is 12.1 Å². The second kappa shape index (κ2) is 5.92. The third-order valence-corrected chi connectivity index (χ3v) is 3.29. The Kier molecular flexibility index (Phi) is 4.25. The maximum absolute atomic E-state index is 13.6. The molecule has 0 aliphatic carbocycles. The Hall–Kier alpha value is -2.07. The standard InChI is InChI=1S/C15H14ClFN2O/c1-2-9-6-7-10(8-13(9)18)19-15(20)14-11(16)4-3-5-12(14)17/h3-8H,2,18H2,1H3,(H,19,20). The van der Waals surface area contributed by atoms with Gasteiger partial charge in [0.25, 0.3) is 5.91 Å². The minimum absolute atomic E-state index is 0.0700. The van der Waals surface area contributed by atoms with Gasteiger partial charge in [-0.2, -0.15) is 0 Å². The largest absolute Gasteiger partial charge is 0.398 e. The van der Waals surface area contributed by atoms with Crippen LogP contribution in [0, 0.1) is 5.82 Å². The van der Waals surface area contributed by atoms with Gasteiger partial charge in [-0.15, -0.1) is 0 Å². The molecule has 0 saturated carbocycles. The third-order valence-electron chi connectivity index (χ3n) is 2.97. The number of nitrogen functional groups attached to an aromatic ring is 1. The van der Waals surface area contributed by atoms with E-state index in [0.29, 0.717) is 11.4 Å². The fraction of sp³-hybridized carbons (Fsp3) is 0.133. The zero-order chi connectivity index (χ0) is 14.7. The van der Waals surface area contributed by atoms with Crippen LogP contribution in [0.3, 0.4) is 0 Å². The van der Waals surface area contributed by atoms with Crippen LogP contribution >= 0.6 is 11.6 Å². The van der Waals surface area contributed by atoms with E-state index in [9.17, 15) is 9.18 Å². The molecular weight excluding hydrogens is 279 g/mol. The molecule has 0 atom stereocenters. The van der Waals surface area contributed by atoms with E-state index in [2.05, 4.69) is 5.32 Å². The van der Waals surface area contributed by atoms with Crippen LogP contribution in [0.4, 0.5) is 15.8 Å². The van der Waals surface area contributed by atoms with Gasteiger partial charge in [0.05, 0.1) is 10.6 Å². The molecule has 3 N–H and O–H groups in total. The Morgan fingerprint density at radius 1 is 1.35 bits per heavy atom. The number of nitrogens with two attached hydrogens (primary N) is 1. The third kappa shape index (κ3) is 2.91. The van der Waals surface area contributed by atoms with E-state index < -0.39 is 11.7 Å². The number of halogens is 2. The zero-order valence-electron chi connectivity index (χ0n) is 10.9. The van der Waals surface area contributed by atoms with Crippen molar-refractivity contribution in [3.8, 4) is 0 Å². The lowest BCUT2D eigenvalue weighted by Crippen LogP contribution is -2.14. The fourth-order valence-corrected chi connectivity index (χ4v) is 2.15. The number of aryl methyl sites for hydroxylation is 1. The molecule has 0 aromatic heterocycles. The van der Waals surface area contributed by atoms with Crippen LogP contribution in [0.2, 0.25) is 5.02 Å². The molecular formula is C15H14ClFN2O. The summed E-state index contributed by atoms with van der Waals surface area (Å²) >= 11 is 5.84. The van der Waals surface area contributed by atoms with Crippen LogP contribution in [-0.2, 0) is 6.42 Å². The highest BCUT2D eigenvalue weighted by atomic mass is 35.5. The summed E-state index contributed by atoms with van der Waals surface area (Å²) in [6, 6.07) is 9.30. The first-order valence-electron chi connectivity index (χ1n) is 6.16. The molecule has 2 aromatic rings. The number of nitrogens with one attached hydrogen (secondary N) is 1. The summed E-state index contributed by atoms with van der Waals surface area (Å²) in [6.45, 7) is 1.99. The van der Waals surface area contributed by atoms with Crippen molar-refractivity contribution in [3.63, 3.8) is 0 Å². The number of carbonyl (C=O) groups is 1. The second-order valence-electron chi connectivity index (χ2n) is 4.32. The van der Waals surface area contributed by atoms with Crippen molar-refractivity contribution < 1.29 is 9.18 Å². The lowest BCUT2D eigenvalue weighted by molar-refractivity contribution is 0.102. The highest BCUT2D eigenvalue weighted by Crippen LogP contribution is 2.22. The SMILES string of the molecule is CCc1ccc(NC(=O)c2c(F)cccc2Cl)cc1N. The molecule has 1 amide bonds. The van der Waals surface area contributed by atoms with Crippen LogP contribution in [0.1, 0.15) is 22.8 Å². The molecule has 3 nitrogen and oxygen atoms in total. The van der Waals surface area contributed by atoms with Gasteiger partial charge in [-0.25, -0.2) is 4.39 Å². The molecule has 0 radical (unpaired) electrons. The smallest absolute Gasteiger partial charge is 0.260 e. The van der Waals surface area contributed by atoms with Crippen molar-refractivity contribution in [2.45, 2.75) is 13.3 Å². The Morgan fingerprint density at radius 3 is 2.70 bits per heavy atom. The van der Waals surface area contributed by atoms with Gasteiger partial charge >= 0.3 is 0 Å². The summed E-state index contributed by atoms with van der Waals surface area (Å²) in [5.41, 5.74) is 7.77. The minimum atomic E-state index is -0.659. The van der Waals surface area contributed by atoms with Crippen molar-refractivity contribution in [1.29, 1.82) is 0 Å². The average molecular weight is 293 g/mol. The summed E-state index contributed by atoms with van der Waals surface area (Å²) < 4.78 is 13.6. The van der Waals surface area contributed by atoms with Gasteiger partial charge in [0.1, 0.15) is 5.82 Å². The van der Waals surface area contributed by atoms with Gasteiger partial charge in [0.15, 0.2) is 0 Å². The van der Waals surface area contributed by atoms with Gasteiger partial charge in [0, 0.05) is 11.4 Å². The van der Waals surface area contributed by atoms with Crippen LogP contribution < -0.4 is 11.1 Å². The first kappa shape index (κ1) is 14.3. The monoisotopic (exact) mass is 292 g/mol. The number of hydrogen-bond donors (Lipinski definition) is 2. The quantitative estimate of drug-likeness (QED) is 0.844. The fourth-order valence-electron chi connectivity index (χ4n) is 1.90. The van der Waals surface area contributed by atoms with E-state index in [0.717, 1.165) is 12.0 Å². The molecule has 0 spiro atoms. The average Bonchev–Trinajstić information content (AvgIpc) is 2.38. The minimum Gasteiger partial charge on any atom is -0.398 e. The van der Waals surface area contributed by atoms with Crippen LogP contribution in [0.15, 0.2) is 36.4 Å². The number of hydrogen-bond acceptors (Lipinski definition) is 2. The summed E-state index contributed by atoms with van der Waals surface area (Å²) in [5, 5.41) is 2.66. The molecule has 0 unspecified atom stereocenters. The van der Waals surface area contributed by atoms with Crippen LogP contribution in [0.25, 0.3) is 0 Å². The normalized spacial score (nSPS) is 10.3. The van der Waals surface area contributed by atoms with Crippen LogP contribution in [0.5, 0.6) is 0 Å². The predicted octanol–water partition coefficient (Wildman–Crippen LogP) is 3.88. The van der Waals surface area contributed by atoms with E-state index >= 15 is 0 Å². The molecule has 0 saturated heterocycles. The molecule has 104 valence electrons. The number of rotatable bonds is 3. The van der Waals surface area contributed by atoms with Crippen molar-refractivity contribution in [2.75, 3.05) is 11.1 Å². The van der Waals surface area contributed by atoms with E-state index in [4.69, 9.17) is 17.3 Å². The lowest BCUT2D eigenvalue weighted by Gasteiger charge is -2.10. The van der Waals surface area contributed by atoms with Gasteiger partial charge in [-0.05, 0) is 36.2 Å². The Labute approximate surface area is 121 Å². The highest BCUT2D eigenvalue weighted by molar-refractivity contribution is 6.34. The van der Waals surface area contributed by atoms with E-state index in [1.807, 2.05) is 13.0 Å². The first-order valence-corrected chi connectivity index (χ1v) is 6.54. The molecule has 0 aliphatic rings. The number of carbonyl (C=O) groups excluding carboxylic acids is 1. The maximum Gasteiger partial charge on any atom is 0.260 e. The van der Waals surface area contributed by atoms with E-state index in [-0.39, 0.29) is 10.6 Å². The molecule has 5 heteroatoms. The van der Waals surface area contributed by atoms with Gasteiger partial charge in [-0.3, -0.25) is 4.79 Å². The van der Waals surface area contributed by atoms with Crippen LogP contribution in [-0.4, -0.2) is 5.91 Å². The summed E-state index contributed by atoms with van der Waals surface area (Å²) in [6.07, 6.45) is 0.805. The Morgan fingerprint density at radius 2 is 2.10 bits per heavy atom. The van der Waals surface area contributed by atoms with Crippen molar-refractivity contribution in [2.24, 2.45) is 0 Å². The molecule has 0 bridgehead atoms. The molecule has 20 heavy (non-hydrogen) atoms. The number of amides is 1. The van der Waals surface area contributed by atoms with E-state index in [1.165, 1.54) is 18.2 Å². The number of anilines is 2. The van der Waals surface area contributed by atoms with Crippen molar-refractivity contribution >= 4 is 28.9 Å². The molecule has 0 fully saturated rings. The zero-order valence-corrected chi connectivity index (χ0v) is 11.7. The van der Waals surface area contributed by atoms with Crippen molar-refractivity contribution in [3.05, 3.63) is 58.4 Å². The Balaban J connectivity index is 2.26. The molecule has 0 heterocycles. The summed E-state index contributed by atoms with van der Waals surface area (Å²) in [7, 11) is 0. The lowest BCUT2D eigenvalue weighted by atomic mass is 10.1. The molecule has 2 aromatic carbocycles. The second-order valence-corrected chi connectivity index (χ2v) is 4.73. The van der Waals surface area contributed by atoms with Crippen molar-refractivity contribution in [1.82, 2.24) is 0 Å². The predicted molar refractivity (Wildman–Crippen MR) is 79.6 cm³/mol. The molecule has 0 aliphatic heterocycles. The summed E-state index contributed by atoms with van der Waals surface area (Å²) in [5.74, 6) is -1.26. The molecule has 2 rings (SSSR count). The summed E-state index contributed by atoms with van der Waals surface area (Å²) in [4.78, 5) is 12.0. The highest BCUT2D eigenvalue weighted by Gasteiger charge is 2.16. The van der Waals surface area contributed by atoms with Gasteiger partial charge < -0.3 is 11.1 Å². The topological polar surface area (TPSA) is 55.1 Å².